The molecule has 2 rings (SSSR count). The third-order valence-electron chi connectivity index (χ3n) is 5.66. The number of aromatic nitrogens is 2. The maximum absolute atomic E-state index is 5.87. The van der Waals surface area contributed by atoms with E-state index in [0.29, 0.717) is 6.61 Å². The van der Waals surface area contributed by atoms with E-state index in [1.165, 1.54) is 61.7 Å². The molecule has 1 heterocycles. The third kappa shape index (κ3) is 10.7. The Morgan fingerprint density at radius 1 is 0.844 bits per heavy atom. The zero-order chi connectivity index (χ0) is 23.0. The average Bonchev–Trinajstić information content (AvgIpc) is 2.79. The lowest BCUT2D eigenvalue weighted by Crippen LogP contribution is -1.96. The van der Waals surface area contributed by atoms with Crippen LogP contribution in [-0.2, 0) is 6.42 Å². The van der Waals surface area contributed by atoms with E-state index in [4.69, 9.17) is 4.74 Å². The van der Waals surface area contributed by atoms with Gasteiger partial charge in [-0.25, -0.2) is 9.97 Å². The van der Waals surface area contributed by atoms with Crippen LogP contribution in [0.5, 0.6) is 5.75 Å². The van der Waals surface area contributed by atoms with Crippen molar-refractivity contribution in [3.63, 3.8) is 0 Å². The van der Waals surface area contributed by atoms with E-state index < -0.39 is 0 Å². The second-order valence-corrected chi connectivity index (χ2v) is 8.99. The van der Waals surface area contributed by atoms with Crippen LogP contribution in [0.25, 0.3) is 11.4 Å². The summed E-state index contributed by atoms with van der Waals surface area (Å²) in [5.74, 6) is 1.65. The molecule has 0 spiro atoms. The van der Waals surface area contributed by atoms with E-state index >= 15 is 0 Å². The van der Waals surface area contributed by atoms with E-state index in [2.05, 4.69) is 49.8 Å². The van der Waals surface area contributed by atoms with E-state index in [0.717, 1.165) is 36.4 Å². The van der Waals surface area contributed by atoms with E-state index in [1.807, 2.05) is 36.7 Å². The SMILES string of the molecule is CCCCCCCCCc1cnc(-c2ccc(OC/C=C(\C)CCC=C(C)C)cc2)nc1. The summed E-state index contributed by atoms with van der Waals surface area (Å²) in [6.07, 6.45) is 21.0. The molecule has 0 aliphatic carbocycles. The van der Waals surface area contributed by atoms with Crippen LogP contribution in [0.1, 0.15) is 91.0 Å². The Bertz CT molecular complexity index is 815. The summed E-state index contributed by atoms with van der Waals surface area (Å²) in [5.41, 5.74) is 4.99. The predicted molar refractivity (Wildman–Crippen MR) is 137 cm³/mol. The number of nitrogens with zero attached hydrogens (tertiary/aromatic N) is 2. The number of hydrogen-bond donors (Lipinski definition) is 0. The highest BCUT2D eigenvalue weighted by Crippen LogP contribution is 2.20. The number of unbranched alkanes of at least 4 members (excludes halogenated alkanes) is 6. The van der Waals surface area contributed by atoms with Gasteiger partial charge in [0.15, 0.2) is 5.82 Å². The van der Waals surface area contributed by atoms with E-state index in [1.54, 1.807) is 0 Å². The number of hydrogen-bond acceptors (Lipinski definition) is 3. The van der Waals surface area contributed by atoms with E-state index in [-0.39, 0.29) is 0 Å². The maximum Gasteiger partial charge on any atom is 0.159 e. The average molecular weight is 435 g/mol. The lowest BCUT2D eigenvalue weighted by atomic mass is 10.1. The fourth-order valence-corrected chi connectivity index (χ4v) is 3.59. The van der Waals surface area contributed by atoms with Gasteiger partial charge in [0.05, 0.1) is 0 Å². The van der Waals surface area contributed by atoms with Gasteiger partial charge in [-0.3, -0.25) is 0 Å². The van der Waals surface area contributed by atoms with Crippen LogP contribution in [0.4, 0.5) is 0 Å². The normalized spacial score (nSPS) is 11.4. The second kappa shape index (κ2) is 15.4. The Balaban J connectivity index is 1.73. The minimum atomic E-state index is 0.601. The molecular weight excluding hydrogens is 392 g/mol. The van der Waals surface area contributed by atoms with Crippen molar-refractivity contribution in [3.8, 4) is 17.1 Å². The first-order chi connectivity index (χ1) is 15.6. The molecule has 0 aliphatic heterocycles. The van der Waals surface area contributed by atoms with Crippen LogP contribution in [0.15, 0.2) is 60.0 Å². The molecule has 0 N–H and O–H groups in total. The van der Waals surface area contributed by atoms with Crippen molar-refractivity contribution in [1.82, 2.24) is 9.97 Å². The minimum absolute atomic E-state index is 0.601. The molecule has 174 valence electrons. The van der Waals surface area contributed by atoms with Crippen LogP contribution in [0, 0.1) is 0 Å². The molecule has 0 saturated carbocycles. The molecular formula is C29H42N2O. The first kappa shape index (κ1) is 25.8. The van der Waals surface area contributed by atoms with Gasteiger partial charge in [-0.2, -0.15) is 0 Å². The highest BCUT2D eigenvalue weighted by Gasteiger charge is 2.03. The predicted octanol–water partition coefficient (Wildman–Crippen LogP) is 8.51. The summed E-state index contributed by atoms with van der Waals surface area (Å²) < 4.78 is 5.87. The molecule has 0 aliphatic rings. The Morgan fingerprint density at radius 3 is 2.16 bits per heavy atom. The third-order valence-corrected chi connectivity index (χ3v) is 5.66. The fraction of sp³-hybridized carbons (Fsp3) is 0.517. The molecule has 1 aromatic carbocycles. The largest absolute Gasteiger partial charge is 0.490 e. The van der Waals surface area contributed by atoms with Gasteiger partial charge in [0, 0.05) is 18.0 Å². The molecule has 2 aromatic rings. The standard InChI is InChI=1S/C29H42N2O/c1-5-6-7-8-9-10-11-15-26-22-30-29(31-23-26)27-16-18-28(19-17-27)32-21-20-25(4)14-12-13-24(2)3/h13,16-20,22-23H,5-12,14-15,21H2,1-4H3/b25-20+. The van der Waals surface area contributed by atoms with Gasteiger partial charge >= 0.3 is 0 Å². The first-order valence-electron chi connectivity index (χ1n) is 12.4. The zero-order valence-electron chi connectivity index (χ0n) is 20.7. The molecule has 0 atom stereocenters. The molecule has 3 heteroatoms. The maximum atomic E-state index is 5.87. The zero-order valence-corrected chi connectivity index (χ0v) is 20.7. The number of benzene rings is 1. The number of allylic oxidation sites excluding steroid dienone is 3. The van der Waals surface area contributed by atoms with Crippen LogP contribution in [-0.4, -0.2) is 16.6 Å². The topological polar surface area (TPSA) is 35.0 Å². The molecule has 0 amide bonds. The Hall–Kier alpha value is -2.42. The van der Waals surface area contributed by atoms with Gasteiger partial charge in [0.25, 0.3) is 0 Å². The van der Waals surface area contributed by atoms with Crippen molar-refractivity contribution in [2.45, 2.75) is 91.9 Å². The van der Waals surface area contributed by atoms with Crippen molar-refractivity contribution in [2.75, 3.05) is 6.61 Å². The van der Waals surface area contributed by atoms with Gasteiger partial charge in [-0.1, -0.05) is 62.7 Å². The quantitative estimate of drug-likeness (QED) is 0.208. The minimum Gasteiger partial charge on any atom is -0.490 e. The lowest BCUT2D eigenvalue weighted by Gasteiger charge is -2.07. The molecule has 0 radical (unpaired) electrons. The van der Waals surface area contributed by atoms with Crippen molar-refractivity contribution in [2.24, 2.45) is 0 Å². The molecule has 0 bridgehead atoms. The van der Waals surface area contributed by atoms with Crippen molar-refractivity contribution < 1.29 is 4.74 Å². The summed E-state index contributed by atoms with van der Waals surface area (Å²) in [5, 5.41) is 0. The van der Waals surface area contributed by atoms with Crippen LogP contribution in [0.3, 0.4) is 0 Å². The molecule has 0 fully saturated rings. The van der Waals surface area contributed by atoms with Gasteiger partial charge < -0.3 is 4.74 Å². The smallest absolute Gasteiger partial charge is 0.159 e. The Morgan fingerprint density at radius 2 is 1.50 bits per heavy atom. The summed E-state index contributed by atoms with van der Waals surface area (Å²) in [6.45, 7) is 9.31. The van der Waals surface area contributed by atoms with Crippen LogP contribution in [0.2, 0.25) is 0 Å². The fourth-order valence-electron chi connectivity index (χ4n) is 3.59. The summed E-state index contributed by atoms with van der Waals surface area (Å²) in [6, 6.07) is 8.06. The molecule has 3 nitrogen and oxygen atoms in total. The van der Waals surface area contributed by atoms with Gasteiger partial charge in [-0.15, -0.1) is 0 Å². The first-order valence-corrected chi connectivity index (χ1v) is 12.4. The number of ether oxygens (including phenoxy) is 1. The van der Waals surface area contributed by atoms with Crippen molar-refractivity contribution in [3.05, 3.63) is 65.5 Å². The van der Waals surface area contributed by atoms with Gasteiger partial charge in [0.1, 0.15) is 12.4 Å². The summed E-state index contributed by atoms with van der Waals surface area (Å²) in [7, 11) is 0. The molecule has 0 unspecified atom stereocenters. The highest BCUT2D eigenvalue weighted by atomic mass is 16.5. The monoisotopic (exact) mass is 434 g/mol. The summed E-state index contributed by atoms with van der Waals surface area (Å²) in [4.78, 5) is 9.16. The van der Waals surface area contributed by atoms with Crippen molar-refractivity contribution in [1.29, 1.82) is 0 Å². The molecule has 1 aromatic heterocycles. The Labute approximate surface area is 196 Å². The van der Waals surface area contributed by atoms with Crippen molar-refractivity contribution >= 4 is 0 Å². The summed E-state index contributed by atoms with van der Waals surface area (Å²) >= 11 is 0. The number of rotatable bonds is 15. The highest BCUT2D eigenvalue weighted by molar-refractivity contribution is 5.55. The molecule has 0 saturated heterocycles. The Kier molecular flexibility index (Phi) is 12.4. The van der Waals surface area contributed by atoms with Crippen LogP contribution >= 0.6 is 0 Å². The number of aryl methyl sites for hydroxylation is 1. The second-order valence-electron chi connectivity index (χ2n) is 8.99. The van der Waals surface area contributed by atoms with Crippen LogP contribution < -0.4 is 4.74 Å². The molecule has 32 heavy (non-hydrogen) atoms. The van der Waals surface area contributed by atoms with Gasteiger partial charge in [0.2, 0.25) is 0 Å². The van der Waals surface area contributed by atoms with Gasteiger partial charge in [-0.05, 0) is 82.4 Å². The van der Waals surface area contributed by atoms with E-state index in [9.17, 15) is 0 Å². The lowest BCUT2D eigenvalue weighted by molar-refractivity contribution is 0.361.